The Morgan fingerprint density at radius 3 is 2.72 bits per heavy atom. The molecule has 2 radical (unpaired) electrons. The molecule has 0 aliphatic heterocycles. The molecule has 0 spiro atoms. The van der Waals surface area contributed by atoms with Crippen molar-refractivity contribution in [2.75, 3.05) is 0 Å². The molecule has 0 heterocycles. The summed E-state index contributed by atoms with van der Waals surface area (Å²) in [6, 6.07) is 14.4. The zero-order chi connectivity index (χ0) is 13.1. The zero-order valence-electron chi connectivity index (χ0n) is 9.64. The summed E-state index contributed by atoms with van der Waals surface area (Å²) in [5, 5.41) is 9.20. The van der Waals surface area contributed by atoms with Gasteiger partial charge in [0.05, 0.1) is 0 Å². The second kappa shape index (κ2) is 5.97. The van der Waals surface area contributed by atoms with E-state index in [1.165, 1.54) is 5.56 Å². The first kappa shape index (κ1) is 13.7. The summed E-state index contributed by atoms with van der Waals surface area (Å²) in [6.07, 6.45) is 0. The number of aryl methyl sites for hydroxylation is 1. The van der Waals surface area contributed by atoms with Crippen LogP contribution in [0.2, 0.25) is 0 Å². The fourth-order valence-corrected chi connectivity index (χ4v) is 4.16. The Balaban J connectivity index is 2.40. The van der Waals surface area contributed by atoms with Crippen molar-refractivity contribution >= 4 is 48.9 Å². The van der Waals surface area contributed by atoms with Gasteiger partial charge in [-0.1, -0.05) is 0 Å². The maximum atomic E-state index is 9.20. The minimum atomic E-state index is 0.736. The number of nitrogens with zero attached hydrogens (tertiary/aromatic N) is 1. The molecule has 0 fully saturated rings. The first-order valence-corrected chi connectivity index (χ1v) is 7.82. The summed E-state index contributed by atoms with van der Waals surface area (Å²) in [5.74, 6) is 0. The van der Waals surface area contributed by atoms with E-state index in [-0.39, 0.29) is 0 Å². The van der Waals surface area contributed by atoms with Crippen molar-refractivity contribution in [3.05, 3.63) is 52.0 Å². The molecule has 2 rings (SSSR count). The van der Waals surface area contributed by atoms with E-state index in [1.807, 2.05) is 18.2 Å². The molecule has 18 heavy (non-hydrogen) atoms. The van der Waals surface area contributed by atoms with Crippen molar-refractivity contribution in [3.63, 3.8) is 0 Å². The van der Waals surface area contributed by atoms with Crippen LogP contribution in [0.3, 0.4) is 0 Å². The predicted molar refractivity (Wildman–Crippen MR) is 79.5 cm³/mol. The van der Waals surface area contributed by atoms with Crippen molar-refractivity contribution in [3.8, 4) is 6.07 Å². The molecule has 2 aromatic carbocycles. The minimum absolute atomic E-state index is 0.736. The molecule has 0 aromatic heterocycles. The van der Waals surface area contributed by atoms with Crippen molar-refractivity contribution in [2.45, 2.75) is 16.7 Å². The number of hydrogen-bond donors (Lipinski definition) is 0. The van der Waals surface area contributed by atoms with Gasteiger partial charge in [-0.15, -0.1) is 0 Å². The summed E-state index contributed by atoms with van der Waals surface area (Å²) in [5.41, 5.74) is 1.94. The molecule has 0 atom stereocenters. The van der Waals surface area contributed by atoms with Gasteiger partial charge >= 0.3 is 129 Å². The van der Waals surface area contributed by atoms with Gasteiger partial charge in [-0.3, -0.25) is 0 Å². The van der Waals surface area contributed by atoms with E-state index < -0.39 is 0 Å². The van der Waals surface area contributed by atoms with Gasteiger partial charge in [0.2, 0.25) is 0 Å². The second-order valence-corrected chi connectivity index (χ2v) is 6.87. The third kappa shape index (κ3) is 3.20. The molecule has 1 nitrogen and oxygen atoms in total. The summed E-state index contributed by atoms with van der Waals surface area (Å²) in [7, 11) is 0. The van der Waals surface area contributed by atoms with Gasteiger partial charge in [-0.2, -0.15) is 0 Å². The van der Waals surface area contributed by atoms with Crippen molar-refractivity contribution in [1.29, 1.82) is 5.26 Å². The quantitative estimate of drug-likeness (QED) is 0.747. The van der Waals surface area contributed by atoms with Gasteiger partial charge in [0, 0.05) is 0 Å². The zero-order valence-corrected chi connectivity index (χ0v) is 13.9. The Labute approximate surface area is 128 Å². The predicted octanol–water partition coefficient (Wildman–Crippen LogP) is 3.57. The number of rotatable bonds is 2. The molecule has 0 amide bonds. The van der Waals surface area contributed by atoms with E-state index in [1.54, 1.807) is 11.8 Å². The molecule has 2 aromatic rings. The second-order valence-electron chi connectivity index (χ2n) is 3.83. The normalized spacial score (nSPS) is 10.1. The van der Waals surface area contributed by atoms with Crippen LogP contribution in [0.25, 0.3) is 0 Å². The molecule has 0 aliphatic rings. The molecule has 0 unspecified atom stereocenters. The average Bonchev–Trinajstić information content (AvgIpc) is 2.27. The van der Waals surface area contributed by atoms with E-state index in [0.717, 1.165) is 24.2 Å². The summed E-state index contributed by atoms with van der Waals surface area (Å²) in [4.78, 5) is 2.13. The van der Waals surface area contributed by atoms with Crippen LogP contribution in [-0.4, -0.2) is 16.9 Å². The summed E-state index contributed by atoms with van der Waals surface area (Å²) < 4.78 is 2.02. The molecular weight excluding hydrogens is 369 g/mol. The fraction of sp³-hybridized carbons (Fsp3) is 0.0714. The van der Waals surface area contributed by atoms with Gasteiger partial charge in [0.15, 0.2) is 0 Å². The number of nitriles is 1. The van der Waals surface area contributed by atoms with Crippen LogP contribution >= 0.6 is 27.7 Å². The average molecular weight is 378 g/mol. The standard InChI is InChI=1S/C14H9AsBrNS/c1-9-5-10(16)7-11(6-9)18-14-4-2-3-13(15)12(14)8-17/h2-7H,1H3. The van der Waals surface area contributed by atoms with Crippen molar-refractivity contribution in [2.24, 2.45) is 0 Å². The van der Waals surface area contributed by atoms with Crippen molar-refractivity contribution in [1.82, 2.24) is 0 Å². The summed E-state index contributed by atoms with van der Waals surface area (Å²) >= 11 is 7.56. The molecule has 0 saturated carbocycles. The Morgan fingerprint density at radius 1 is 1.28 bits per heavy atom. The van der Waals surface area contributed by atoms with E-state index >= 15 is 0 Å². The topological polar surface area (TPSA) is 23.8 Å². The molecule has 0 bridgehead atoms. The molecule has 4 heteroatoms. The molecule has 88 valence electrons. The van der Waals surface area contributed by atoms with Crippen LogP contribution in [0.5, 0.6) is 0 Å². The Hall–Kier alpha value is -0.682. The number of hydrogen-bond acceptors (Lipinski definition) is 2. The van der Waals surface area contributed by atoms with E-state index in [2.05, 4.69) is 64.0 Å². The van der Waals surface area contributed by atoms with E-state index in [0.29, 0.717) is 0 Å². The first-order valence-electron chi connectivity index (χ1n) is 5.27. The van der Waals surface area contributed by atoms with E-state index in [9.17, 15) is 5.26 Å². The molecule has 0 N–H and O–H groups in total. The SMILES string of the molecule is Cc1cc(Br)cc(Sc2cccc([As])c2C#N)c1. The van der Waals surface area contributed by atoms with Gasteiger partial charge in [0.25, 0.3) is 0 Å². The van der Waals surface area contributed by atoms with Crippen molar-refractivity contribution < 1.29 is 0 Å². The van der Waals surface area contributed by atoms with Gasteiger partial charge in [0.1, 0.15) is 0 Å². The van der Waals surface area contributed by atoms with Gasteiger partial charge in [-0.05, 0) is 0 Å². The van der Waals surface area contributed by atoms with Crippen LogP contribution in [0.1, 0.15) is 11.1 Å². The van der Waals surface area contributed by atoms with Crippen LogP contribution in [0.4, 0.5) is 0 Å². The Kier molecular flexibility index (Phi) is 4.56. The first-order chi connectivity index (χ1) is 8.60. The summed E-state index contributed by atoms with van der Waals surface area (Å²) in [6.45, 7) is 2.06. The van der Waals surface area contributed by atoms with Crippen LogP contribution < -0.4 is 4.35 Å². The van der Waals surface area contributed by atoms with Gasteiger partial charge < -0.3 is 0 Å². The number of benzene rings is 2. The van der Waals surface area contributed by atoms with Crippen LogP contribution in [0.15, 0.2) is 50.7 Å². The maximum absolute atomic E-state index is 9.20. The Bertz CT molecular complexity index is 614. The van der Waals surface area contributed by atoms with E-state index in [4.69, 9.17) is 0 Å². The molecule has 0 saturated heterocycles. The fourth-order valence-electron chi connectivity index (χ4n) is 1.61. The van der Waals surface area contributed by atoms with Crippen LogP contribution in [-0.2, 0) is 0 Å². The molecule has 0 aliphatic carbocycles. The van der Waals surface area contributed by atoms with Gasteiger partial charge in [-0.25, -0.2) is 0 Å². The Morgan fingerprint density at radius 2 is 2.06 bits per heavy atom. The van der Waals surface area contributed by atoms with Crippen LogP contribution in [0, 0.1) is 18.3 Å². The molecular formula is C14H9AsBrNS. The third-order valence-corrected chi connectivity index (χ3v) is 4.63. The number of halogens is 1. The monoisotopic (exact) mass is 377 g/mol. The third-order valence-electron chi connectivity index (χ3n) is 2.36.